The van der Waals surface area contributed by atoms with Gasteiger partial charge in [-0.15, -0.1) is 0 Å². The van der Waals surface area contributed by atoms with Gasteiger partial charge in [-0.05, 0) is 39.7 Å². The molecule has 2 aromatic heterocycles. The van der Waals surface area contributed by atoms with Gasteiger partial charge in [-0.2, -0.15) is 5.10 Å². The molecule has 0 N–H and O–H groups in total. The SMILES string of the molecule is Cc1nn(C)c(C)c1Cn1c(C)cc2c1CCCC2=O. The smallest absolute Gasteiger partial charge is 0.164 e. The summed E-state index contributed by atoms with van der Waals surface area (Å²) in [4.78, 5) is 12.0. The number of aryl methyl sites for hydroxylation is 3. The molecule has 1 aliphatic carbocycles. The van der Waals surface area contributed by atoms with Gasteiger partial charge in [0.2, 0.25) is 0 Å². The molecule has 0 saturated heterocycles. The fraction of sp³-hybridized carbons (Fsp3) is 0.500. The lowest BCUT2D eigenvalue weighted by Gasteiger charge is -2.16. The Balaban J connectivity index is 2.05. The van der Waals surface area contributed by atoms with Crippen molar-refractivity contribution in [3.63, 3.8) is 0 Å². The predicted molar refractivity (Wildman–Crippen MR) is 78.2 cm³/mol. The summed E-state index contributed by atoms with van der Waals surface area (Å²) in [5.41, 5.74) is 6.87. The van der Waals surface area contributed by atoms with E-state index in [-0.39, 0.29) is 0 Å². The second-order valence-electron chi connectivity index (χ2n) is 5.78. The average molecular weight is 271 g/mol. The molecule has 106 valence electrons. The van der Waals surface area contributed by atoms with Crippen molar-refractivity contribution < 1.29 is 4.79 Å². The molecule has 0 saturated carbocycles. The van der Waals surface area contributed by atoms with Crippen LogP contribution in [-0.2, 0) is 20.0 Å². The number of carbonyl (C=O) groups excluding carboxylic acids is 1. The van der Waals surface area contributed by atoms with Gasteiger partial charge in [-0.25, -0.2) is 0 Å². The van der Waals surface area contributed by atoms with E-state index in [1.807, 2.05) is 11.7 Å². The summed E-state index contributed by atoms with van der Waals surface area (Å²) in [5, 5.41) is 4.48. The summed E-state index contributed by atoms with van der Waals surface area (Å²) in [5.74, 6) is 0.299. The molecule has 4 nitrogen and oxygen atoms in total. The van der Waals surface area contributed by atoms with Gasteiger partial charge in [-0.3, -0.25) is 9.48 Å². The van der Waals surface area contributed by atoms with Crippen LogP contribution < -0.4 is 0 Å². The summed E-state index contributed by atoms with van der Waals surface area (Å²) in [7, 11) is 1.98. The second kappa shape index (κ2) is 4.62. The molecule has 1 aliphatic rings. The quantitative estimate of drug-likeness (QED) is 0.842. The second-order valence-corrected chi connectivity index (χ2v) is 5.78. The normalized spacial score (nSPS) is 14.7. The maximum absolute atomic E-state index is 12.0. The molecule has 0 amide bonds. The van der Waals surface area contributed by atoms with E-state index >= 15 is 0 Å². The molecule has 0 aliphatic heterocycles. The zero-order valence-corrected chi connectivity index (χ0v) is 12.7. The number of carbonyl (C=O) groups is 1. The van der Waals surface area contributed by atoms with Gasteiger partial charge >= 0.3 is 0 Å². The molecule has 3 rings (SSSR count). The summed E-state index contributed by atoms with van der Waals surface area (Å²) in [6, 6.07) is 2.05. The molecule has 0 radical (unpaired) electrons. The van der Waals surface area contributed by atoms with Gasteiger partial charge in [0.1, 0.15) is 0 Å². The van der Waals surface area contributed by atoms with Crippen molar-refractivity contribution in [2.75, 3.05) is 0 Å². The van der Waals surface area contributed by atoms with Crippen LogP contribution in [0, 0.1) is 20.8 Å². The number of nitrogens with zero attached hydrogens (tertiary/aromatic N) is 3. The van der Waals surface area contributed by atoms with Gasteiger partial charge < -0.3 is 4.57 Å². The van der Waals surface area contributed by atoms with Crippen molar-refractivity contribution in [1.29, 1.82) is 0 Å². The summed E-state index contributed by atoms with van der Waals surface area (Å²) >= 11 is 0. The minimum Gasteiger partial charge on any atom is -0.344 e. The number of aromatic nitrogens is 3. The number of hydrogen-bond donors (Lipinski definition) is 0. The Morgan fingerprint density at radius 2 is 2.00 bits per heavy atom. The number of rotatable bonds is 2. The van der Waals surface area contributed by atoms with Crippen molar-refractivity contribution in [3.05, 3.63) is 40.0 Å². The van der Waals surface area contributed by atoms with Gasteiger partial charge in [0.15, 0.2) is 5.78 Å². The first-order valence-corrected chi connectivity index (χ1v) is 7.20. The third-order valence-electron chi connectivity index (χ3n) is 4.51. The molecule has 0 spiro atoms. The number of Topliss-reactive ketones (excluding diaryl/α,β-unsaturated/α-hetero) is 1. The minimum absolute atomic E-state index is 0.299. The Morgan fingerprint density at radius 1 is 1.25 bits per heavy atom. The van der Waals surface area contributed by atoms with Crippen LogP contribution >= 0.6 is 0 Å². The standard InChI is InChI=1S/C16H21N3O/c1-10-8-13-15(6-5-7-16(13)20)19(10)9-14-11(2)17-18(4)12(14)3/h8H,5-7,9H2,1-4H3. The summed E-state index contributed by atoms with van der Waals surface area (Å²) in [6.45, 7) is 7.07. The predicted octanol–water partition coefficient (Wildman–Crippen LogP) is 2.71. The van der Waals surface area contributed by atoms with Crippen molar-refractivity contribution in [2.45, 2.75) is 46.6 Å². The van der Waals surface area contributed by atoms with E-state index in [2.05, 4.69) is 36.5 Å². The molecular weight excluding hydrogens is 250 g/mol. The highest BCUT2D eigenvalue weighted by Gasteiger charge is 2.23. The van der Waals surface area contributed by atoms with E-state index in [9.17, 15) is 4.79 Å². The van der Waals surface area contributed by atoms with Crippen LogP contribution in [0.5, 0.6) is 0 Å². The topological polar surface area (TPSA) is 39.8 Å². The molecular formula is C16H21N3O. The lowest BCUT2D eigenvalue weighted by molar-refractivity contribution is 0.0972. The van der Waals surface area contributed by atoms with E-state index in [4.69, 9.17) is 0 Å². The van der Waals surface area contributed by atoms with Crippen LogP contribution in [0.4, 0.5) is 0 Å². The molecule has 0 unspecified atom stereocenters. The first kappa shape index (κ1) is 13.2. The Morgan fingerprint density at radius 3 is 2.65 bits per heavy atom. The first-order valence-electron chi connectivity index (χ1n) is 7.20. The fourth-order valence-corrected chi connectivity index (χ4v) is 3.22. The van der Waals surface area contributed by atoms with Crippen LogP contribution in [-0.4, -0.2) is 20.1 Å². The van der Waals surface area contributed by atoms with Crippen molar-refractivity contribution >= 4 is 5.78 Å². The Bertz CT molecular complexity index is 691. The first-order chi connectivity index (χ1) is 9.49. The lowest BCUT2D eigenvalue weighted by atomic mass is 9.96. The molecule has 0 fully saturated rings. The molecule has 4 heteroatoms. The minimum atomic E-state index is 0.299. The highest BCUT2D eigenvalue weighted by atomic mass is 16.1. The lowest BCUT2D eigenvalue weighted by Crippen LogP contribution is -2.14. The van der Waals surface area contributed by atoms with E-state index in [0.717, 1.165) is 30.6 Å². The van der Waals surface area contributed by atoms with Gasteiger partial charge in [0, 0.05) is 41.7 Å². The summed E-state index contributed by atoms with van der Waals surface area (Å²) in [6.07, 6.45) is 2.68. The van der Waals surface area contributed by atoms with Crippen LogP contribution in [0.2, 0.25) is 0 Å². The highest BCUT2D eigenvalue weighted by Crippen LogP contribution is 2.26. The van der Waals surface area contributed by atoms with E-state index in [0.29, 0.717) is 12.2 Å². The Labute approximate surface area is 119 Å². The van der Waals surface area contributed by atoms with Crippen LogP contribution in [0.1, 0.15) is 51.5 Å². The number of fused-ring (bicyclic) bond motifs is 1. The van der Waals surface area contributed by atoms with Gasteiger partial charge in [0.05, 0.1) is 12.2 Å². The zero-order chi connectivity index (χ0) is 14.4. The summed E-state index contributed by atoms with van der Waals surface area (Å²) < 4.78 is 4.23. The molecule has 2 heterocycles. The number of hydrogen-bond acceptors (Lipinski definition) is 2. The number of ketones is 1. The van der Waals surface area contributed by atoms with Gasteiger partial charge in [-0.1, -0.05) is 0 Å². The van der Waals surface area contributed by atoms with Crippen molar-refractivity contribution in [1.82, 2.24) is 14.3 Å². The molecule has 0 aromatic carbocycles. The maximum atomic E-state index is 12.0. The van der Waals surface area contributed by atoms with Gasteiger partial charge in [0.25, 0.3) is 0 Å². The molecule has 0 bridgehead atoms. The van der Waals surface area contributed by atoms with Crippen molar-refractivity contribution in [2.24, 2.45) is 7.05 Å². The van der Waals surface area contributed by atoms with Crippen LogP contribution in [0.3, 0.4) is 0 Å². The van der Waals surface area contributed by atoms with Crippen LogP contribution in [0.25, 0.3) is 0 Å². The highest BCUT2D eigenvalue weighted by molar-refractivity contribution is 5.98. The molecule has 2 aromatic rings. The van der Waals surface area contributed by atoms with E-state index < -0.39 is 0 Å². The average Bonchev–Trinajstić information content (AvgIpc) is 2.84. The van der Waals surface area contributed by atoms with Crippen LogP contribution in [0.15, 0.2) is 6.07 Å². The third-order valence-corrected chi connectivity index (χ3v) is 4.51. The zero-order valence-electron chi connectivity index (χ0n) is 12.7. The third kappa shape index (κ3) is 1.90. The largest absolute Gasteiger partial charge is 0.344 e. The maximum Gasteiger partial charge on any atom is 0.164 e. The monoisotopic (exact) mass is 271 g/mol. The van der Waals surface area contributed by atoms with E-state index in [1.165, 1.54) is 22.6 Å². The van der Waals surface area contributed by atoms with Crippen molar-refractivity contribution in [3.8, 4) is 0 Å². The fourth-order valence-electron chi connectivity index (χ4n) is 3.22. The molecule has 0 atom stereocenters. The Kier molecular flexibility index (Phi) is 3.04. The molecule has 20 heavy (non-hydrogen) atoms. The Hall–Kier alpha value is -1.84. The van der Waals surface area contributed by atoms with E-state index in [1.54, 1.807) is 0 Å².